The number of nitrogens with one attached hydrogen (secondary N) is 1. The van der Waals surface area contributed by atoms with Crippen molar-refractivity contribution < 1.29 is 23.9 Å². The molecule has 1 aliphatic rings. The molecule has 0 spiro atoms. The second-order valence-corrected chi connectivity index (χ2v) is 9.28. The largest absolute Gasteiger partial charge is 0.490 e. The van der Waals surface area contributed by atoms with Crippen molar-refractivity contribution in [1.82, 2.24) is 5.32 Å². The van der Waals surface area contributed by atoms with E-state index in [0.717, 1.165) is 26.0 Å². The summed E-state index contributed by atoms with van der Waals surface area (Å²) in [5.41, 5.74) is 2.90. The molecular weight excluding hydrogens is 571 g/mol. The van der Waals surface area contributed by atoms with Crippen molar-refractivity contribution in [1.29, 1.82) is 0 Å². The molecule has 8 heteroatoms. The molecule has 1 fully saturated rings. The van der Waals surface area contributed by atoms with Crippen LogP contribution in [0.1, 0.15) is 30.5 Å². The summed E-state index contributed by atoms with van der Waals surface area (Å²) in [5.74, 6) is -0.401. The van der Waals surface area contributed by atoms with Gasteiger partial charge in [-0.15, -0.1) is 0 Å². The maximum atomic E-state index is 13.2. The molecule has 7 nitrogen and oxygen atoms in total. The summed E-state index contributed by atoms with van der Waals surface area (Å²) in [6.07, 6.45) is 2.28. The Morgan fingerprint density at radius 2 is 1.56 bits per heavy atom. The number of hydrogen-bond donors (Lipinski definition) is 1. The zero-order chi connectivity index (χ0) is 25.7. The molecule has 0 aromatic heterocycles. The maximum Gasteiger partial charge on any atom is 0.335 e. The second-order valence-electron chi connectivity index (χ2n) is 8.03. The van der Waals surface area contributed by atoms with E-state index in [1.54, 1.807) is 30.3 Å². The molecule has 0 bridgehead atoms. The van der Waals surface area contributed by atoms with Gasteiger partial charge < -0.3 is 9.47 Å². The molecule has 184 valence electrons. The van der Waals surface area contributed by atoms with Gasteiger partial charge in [-0.3, -0.25) is 14.9 Å². The molecule has 0 saturated carbocycles. The van der Waals surface area contributed by atoms with Crippen LogP contribution in [0.5, 0.6) is 11.5 Å². The molecular formula is C28H25IN2O5. The number of amides is 4. The van der Waals surface area contributed by atoms with E-state index in [-0.39, 0.29) is 5.57 Å². The van der Waals surface area contributed by atoms with Crippen molar-refractivity contribution in [2.75, 3.05) is 11.5 Å². The number of imide groups is 2. The fourth-order valence-electron chi connectivity index (χ4n) is 3.68. The van der Waals surface area contributed by atoms with E-state index >= 15 is 0 Å². The minimum atomic E-state index is -0.777. The van der Waals surface area contributed by atoms with Crippen LogP contribution in [0, 0.1) is 3.57 Å². The number of carbonyl (C=O) groups excluding carboxylic acids is 3. The third kappa shape index (κ3) is 5.76. The quantitative estimate of drug-likeness (QED) is 0.211. The van der Waals surface area contributed by atoms with Gasteiger partial charge in [-0.2, -0.15) is 0 Å². The number of carbonyl (C=O) groups is 3. The number of urea groups is 1. The van der Waals surface area contributed by atoms with Crippen molar-refractivity contribution in [3.63, 3.8) is 0 Å². The second kappa shape index (κ2) is 11.4. The van der Waals surface area contributed by atoms with Gasteiger partial charge >= 0.3 is 6.03 Å². The van der Waals surface area contributed by atoms with Crippen LogP contribution in [0.25, 0.3) is 6.08 Å². The third-order valence-electron chi connectivity index (χ3n) is 5.59. The Balaban J connectivity index is 1.59. The highest BCUT2D eigenvalue weighted by Gasteiger charge is 2.36. The van der Waals surface area contributed by atoms with Crippen molar-refractivity contribution in [3.8, 4) is 11.5 Å². The van der Waals surface area contributed by atoms with Crippen LogP contribution in [0.2, 0.25) is 0 Å². The van der Waals surface area contributed by atoms with Gasteiger partial charge in [0.05, 0.1) is 12.3 Å². The number of halogens is 1. The molecule has 0 unspecified atom stereocenters. The van der Waals surface area contributed by atoms with Gasteiger partial charge in [0, 0.05) is 3.57 Å². The molecule has 1 aliphatic heterocycles. The normalized spacial score (nSPS) is 14.7. The molecule has 1 N–H and O–H groups in total. The lowest BCUT2D eigenvalue weighted by atomic mass is 10.1. The van der Waals surface area contributed by atoms with Crippen molar-refractivity contribution >= 4 is 52.2 Å². The first-order valence-electron chi connectivity index (χ1n) is 11.5. The van der Waals surface area contributed by atoms with Gasteiger partial charge in [0.25, 0.3) is 11.8 Å². The SMILES string of the molecule is CCOc1cc(/C=C2/C(=O)NC(=O)N(c3ccc(CC)cc3)C2=O)ccc1OCc1ccc(I)cc1. The zero-order valence-corrected chi connectivity index (χ0v) is 22.1. The van der Waals surface area contributed by atoms with Crippen LogP contribution in [0.4, 0.5) is 10.5 Å². The lowest BCUT2D eigenvalue weighted by Crippen LogP contribution is -2.54. The Kier molecular flexibility index (Phi) is 8.04. The fraction of sp³-hybridized carbons (Fsp3) is 0.179. The maximum absolute atomic E-state index is 13.2. The Morgan fingerprint density at radius 3 is 2.22 bits per heavy atom. The predicted octanol–water partition coefficient (Wildman–Crippen LogP) is 5.50. The Labute approximate surface area is 223 Å². The number of rotatable bonds is 8. The van der Waals surface area contributed by atoms with Gasteiger partial charge in [0.15, 0.2) is 11.5 Å². The van der Waals surface area contributed by atoms with Crippen molar-refractivity contribution in [2.24, 2.45) is 0 Å². The van der Waals surface area contributed by atoms with E-state index in [1.807, 2.05) is 50.2 Å². The van der Waals surface area contributed by atoms with Gasteiger partial charge in [-0.05, 0) is 95.1 Å². The number of barbiturate groups is 1. The van der Waals surface area contributed by atoms with Crippen LogP contribution >= 0.6 is 22.6 Å². The Morgan fingerprint density at radius 1 is 0.861 bits per heavy atom. The highest BCUT2D eigenvalue weighted by atomic mass is 127. The first kappa shape index (κ1) is 25.4. The number of nitrogens with zero attached hydrogens (tertiary/aromatic N) is 1. The average molecular weight is 596 g/mol. The standard InChI is InChI=1S/C28H25IN2O5/c1-3-18-7-12-22(13-8-18)31-27(33)23(26(32)30-28(31)34)15-20-9-14-24(25(16-20)35-4-2)36-17-19-5-10-21(29)11-6-19/h5-16H,3-4,17H2,1-2H3,(H,30,32,34)/b23-15-. The minimum Gasteiger partial charge on any atom is -0.490 e. The first-order chi connectivity index (χ1) is 17.4. The molecule has 3 aromatic carbocycles. The summed E-state index contributed by atoms with van der Waals surface area (Å²) in [4.78, 5) is 39.2. The minimum absolute atomic E-state index is 0.149. The Hall–Kier alpha value is -3.66. The summed E-state index contributed by atoms with van der Waals surface area (Å²) in [6, 6.07) is 19.5. The van der Waals surface area contributed by atoms with E-state index in [4.69, 9.17) is 9.47 Å². The Bertz CT molecular complexity index is 1320. The summed E-state index contributed by atoms with van der Waals surface area (Å²) >= 11 is 2.25. The van der Waals surface area contributed by atoms with Crippen LogP contribution in [0.3, 0.4) is 0 Å². The molecule has 0 aliphatic carbocycles. The molecule has 4 rings (SSSR count). The number of hydrogen-bond acceptors (Lipinski definition) is 5. The number of anilines is 1. The van der Waals surface area contributed by atoms with E-state index in [9.17, 15) is 14.4 Å². The smallest absolute Gasteiger partial charge is 0.335 e. The molecule has 36 heavy (non-hydrogen) atoms. The van der Waals surface area contributed by atoms with Crippen molar-refractivity contribution in [2.45, 2.75) is 26.9 Å². The molecule has 3 aromatic rings. The lowest BCUT2D eigenvalue weighted by Gasteiger charge is -2.26. The molecule has 1 heterocycles. The van der Waals surface area contributed by atoms with Crippen LogP contribution in [-0.4, -0.2) is 24.5 Å². The van der Waals surface area contributed by atoms with Crippen LogP contribution < -0.4 is 19.7 Å². The van der Waals surface area contributed by atoms with Crippen LogP contribution in [0.15, 0.2) is 72.3 Å². The molecule has 0 atom stereocenters. The summed E-state index contributed by atoms with van der Waals surface area (Å²) < 4.78 is 12.9. The monoisotopic (exact) mass is 596 g/mol. The highest BCUT2D eigenvalue weighted by Crippen LogP contribution is 2.31. The van der Waals surface area contributed by atoms with E-state index in [1.165, 1.54) is 6.08 Å². The molecule has 4 amide bonds. The van der Waals surface area contributed by atoms with Gasteiger partial charge in [0.1, 0.15) is 12.2 Å². The van der Waals surface area contributed by atoms with Gasteiger partial charge in [0.2, 0.25) is 0 Å². The number of benzene rings is 3. The lowest BCUT2D eigenvalue weighted by molar-refractivity contribution is -0.122. The van der Waals surface area contributed by atoms with Gasteiger partial charge in [-0.25, -0.2) is 9.69 Å². The van der Waals surface area contributed by atoms with Gasteiger partial charge in [-0.1, -0.05) is 37.3 Å². The summed E-state index contributed by atoms with van der Waals surface area (Å²) in [6.45, 7) is 4.66. The first-order valence-corrected chi connectivity index (χ1v) is 12.6. The fourth-order valence-corrected chi connectivity index (χ4v) is 4.04. The van der Waals surface area contributed by atoms with Crippen molar-refractivity contribution in [3.05, 3.63) is 92.6 Å². The predicted molar refractivity (Wildman–Crippen MR) is 146 cm³/mol. The average Bonchev–Trinajstić information content (AvgIpc) is 2.87. The van der Waals surface area contributed by atoms with E-state index in [0.29, 0.717) is 36.0 Å². The number of ether oxygens (including phenoxy) is 2. The molecule has 0 radical (unpaired) electrons. The summed E-state index contributed by atoms with van der Waals surface area (Å²) in [5, 5.41) is 2.25. The number of aryl methyl sites for hydroxylation is 1. The highest BCUT2D eigenvalue weighted by molar-refractivity contribution is 14.1. The summed E-state index contributed by atoms with van der Waals surface area (Å²) in [7, 11) is 0. The van der Waals surface area contributed by atoms with Crippen LogP contribution in [-0.2, 0) is 22.6 Å². The topological polar surface area (TPSA) is 84.9 Å². The zero-order valence-electron chi connectivity index (χ0n) is 19.9. The van der Waals surface area contributed by atoms with E-state index < -0.39 is 17.8 Å². The van der Waals surface area contributed by atoms with E-state index in [2.05, 4.69) is 27.9 Å². The molecule has 1 saturated heterocycles. The third-order valence-corrected chi connectivity index (χ3v) is 6.31.